The van der Waals surface area contributed by atoms with Crippen LogP contribution in [0.4, 0.5) is 15.9 Å². The number of benzene rings is 1. The van der Waals surface area contributed by atoms with Crippen molar-refractivity contribution in [2.24, 2.45) is 0 Å². The van der Waals surface area contributed by atoms with Crippen LogP contribution in [0.2, 0.25) is 0 Å². The van der Waals surface area contributed by atoms with Gasteiger partial charge < -0.3 is 4.74 Å². The van der Waals surface area contributed by atoms with Crippen LogP contribution in [0, 0.1) is 15.9 Å². The Balaban J connectivity index is 1.76. The van der Waals surface area contributed by atoms with E-state index in [1.807, 2.05) is 0 Å². The van der Waals surface area contributed by atoms with E-state index < -0.39 is 22.3 Å². The van der Waals surface area contributed by atoms with Crippen molar-refractivity contribution in [3.8, 4) is 5.88 Å². The minimum absolute atomic E-state index is 0.145. The monoisotopic (exact) mass is 375 g/mol. The van der Waals surface area contributed by atoms with Gasteiger partial charge in [-0.3, -0.25) is 25.8 Å². The van der Waals surface area contributed by atoms with E-state index in [1.165, 1.54) is 18.2 Å². The van der Waals surface area contributed by atoms with Gasteiger partial charge in [0.15, 0.2) is 0 Å². The van der Waals surface area contributed by atoms with Gasteiger partial charge in [0.25, 0.3) is 11.8 Å². The van der Waals surface area contributed by atoms with Crippen molar-refractivity contribution in [2.75, 3.05) is 5.43 Å². The average molecular weight is 375 g/mol. The lowest BCUT2D eigenvalue weighted by Crippen LogP contribution is -2.31. The number of hydrogen-bond donors (Lipinski definition) is 2. The Morgan fingerprint density at radius 2 is 1.96 bits per heavy atom. The number of ether oxygens (including phenoxy) is 1. The number of hydrogen-bond acceptors (Lipinski definition) is 7. The molecule has 0 spiro atoms. The number of halogens is 1. The van der Waals surface area contributed by atoms with Crippen LogP contribution in [0.5, 0.6) is 5.88 Å². The second-order valence-electron chi connectivity index (χ2n) is 6.07. The Bertz CT molecular complexity index is 842. The highest BCUT2D eigenvalue weighted by Gasteiger charge is 2.28. The normalized spacial score (nSPS) is 14.4. The van der Waals surface area contributed by atoms with E-state index in [2.05, 4.69) is 20.8 Å². The summed E-state index contributed by atoms with van der Waals surface area (Å²) in [4.78, 5) is 30.5. The van der Waals surface area contributed by atoms with E-state index in [1.54, 1.807) is 0 Å². The molecule has 1 amide bonds. The molecule has 0 bridgehead atoms. The third-order valence-electron chi connectivity index (χ3n) is 4.21. The van der Waals surface area contributed by atoms with E-state index in [0.29, 0.717) is 0 Å². The molecule has 0 atom stereocenters. The fourth-order valence-electron chi connectivity index (χ4n) is 2.87. The number of carbonyl (C=O) groups is 1. The lowest BCUT2D eigenvalue weighted by molar-refractivity contribution is -0.385. The fraction of sp³-hybridized carbons (Fsp3) is 0.353. The summed E-state index contributed by atoms with van der Waals surface area (Å²) < 4.78 is 19.3. The summed E-state index contributed by atoms with van der Waals surface area (Å²) in [6.45, 7) is 0. The Morgan fingerprint density at radius 1 is 1.22 bits per heavy atom. The summed E-state index contributed by atoms with van der Waals surface area (Å²) in [5.41, 5.74) is 3.86. The molecular weight excluding hydrogens is 357 g/mol. The molecular formula is C17H18FN5O4. The molecule has 0 saturated heterocycles. The molecule has 1 fully saturated rings. The van der Waals surface area contributed by atoms with E-state index in [4.69, 9.17) is 4.74 Å². The van der Waals surface area contributed by atoms with Crippen molar-refractivity contribution in [3.05, 3.63) is 52.1 Å². The largest absolute Gasteiger partial charge is 0.469 e. The van der Waals surface area contributed by atoms with Crippen molar-refractivity contribution < 1.29 is 18.8 Å². The lowest BCUT2D eigenvalue weighted by Gasteiger charge is -2.22. The zero-order chi connectivity index (χ0) is 19.2. The van der Waals surface area contributed by atoms with Crippen LogP contribution >= 0.6 is 0 Å². The van der Waals surface area contributed by atoms with Gasteiger partial charge in [0.2, 0.25) is 5.82 Å². The highest BCUT2D eigenvalue weighted by atomic mass is 19.1. The first-order valence-corrected chi connectivity index (χ1v) is 8.53. The maximum absolute atomic E-state index is 13.7. The molecule has 1 aromatic carbocycles. The van der Waals surface area contributed by atoms with Crippen LogP contribution in [0.1, 0.15) is 42.5 Å². The number of rotatable bonds is 6. The Hall–Kier alpha value is -3.30. The van der Waals surface area contributed by atoms with Crippen LogP contribution < -0.4 is 15.6 Å². The van der Waals surface area contributed by atoms with Gasteiger partial charge in [-0.25, -0.2) is 9.37 Å². The second-order valence-corrected chi connectivity index (χ2v) is 6.07. The molecule has 9 nitrogen and oxygen atoms in total. The van der Waals surface area contributed by atoms with Crippen LogP contribution in [-0.4, -0.2) is 26.9 Å². The topological polar surface area (TPSA) is 119 Å². The van der Waals surface area contributed by atoms with Crippen LogP contribution in [0.15, 0.2) is 30.6 Å². The molecule has 3 rings (SSSR count). The number of nitro groups is 1. The smallest absolute Gasteiger partial charge is 0.374 e. The van der Waals surface area contributed by atoms with Crippen molar-refractivity contribution in [3.63, 3.8) is 0 Å². The van der Waals surface area contributed by atoms with Crippen LogP contribution in [-0.2, 0) is 0 Å². The fourth-order valence-corrected chi connectivity index (χ4v) is 2.87. The zero-order valence-electron chi connectivity index (χ0n) is 14.4. The molecule has 27 heavy (non-hydrogen) atoms. The maximum Gasteiger partial charge on any atom is 0.374 e. The average Bonchev–Trinajstić information content (AvgIpc) is 2.67. The summed E-state index contributed by atoms with van der Waals surface area (Å²) in [6, 6.07) is 5.38. The highest BCUT2D eigenvalue weighted by Crippen LogP contribution is 2.33. The molecule has 0 radical (unpaired) electrons. The second kappa shape index (κ2) is 8.39. The van der Waals surface area contributed by atoms with Crippen molar-refractivity contribution >= 4 is 17.4 Å². The van der Waals surface area contributed by atoms with Gasteiger partial charge in [-0.2, -0.15) is 4.98 Å². The predicted octanol–water partition coefficient (Wildman–Crippen LogP) is 2.99. The Labute approximate surface area is 154 Å². The summed E-state index contributed by atoms with van der Waals surface area (Å²) in [6.07, 6.45) is 5.65. The van der Waals surface area contributed by atoms with Crippen LogP contribution in [0.25, 0.3) is 0 Å². The number of carbonyl (C=O) groups excluding carboxylic acids is 1. The zero-order valence-corrected chi connectivity index (χ0v) is 14.4. The molecule has 10 heteroatoms. The molecule has 1 aromatic heterocycles. The molecule has 1 aliphatic carbocycles. The number of aromatic nitrogens is 2. The predicted molar refractivity (Wildman–Crippen MR) is 93.7 cm³/mol. The van der Waals surface area contributed by atoms with Gasteiger partial charge in [0, 0.05) is 0 Å². The van der Waals surface area contributed by atoms with E-state index in [0.717, 1.165) is 44.5 Å². The SMILES string of the molecule is O=C(NNc1ncnc(OC2CCCCC2)c1[N+](=O)[O-])c1ccccc1F. The molecule has 1 saturated carbocycles. The Morgan fingerprint density at radius 3 is 2.67 bits per heavy atom. The molecule has 2 N–H and O–H groups in total. The molecule has 1 heterocycles. The highest BCUT2D eigenvalue weighted by molar-refractivity contribution is 5.95. The van der Waals surface area contributed by atoms with Crippen molar-refractivity contribution in [1.29, 1.82) is 0 Å². The molecule has 1 aliphatic rings. The third-order valence-corrected chi connectivity index (χ3v) is 4.21. The van der Waals surface area contributed by atoms with Crippen molar-refractivity contribution in [2.45, 2.75) is 38.2 Å². The lowest BCUT2D eigenvalue weighted by atomic mass is 9.98. The van der Waals surface area contributed by atoms with E-state index in [9.17, 15) is 19.3 Å². The van der Waals surface area contributed by atoms with Gasteiger partial charge in [-0.05, 0) is 37.8 Å². The molecule has 0 unspecified atom stereocenters. The molecule has 0 aliphatic heterocycles. The minimum Gasteiger partial charge on any atom is -0.469 e. The first-order valence-electron chi connectivity index (χ1n) is 8.53. The standard InChI is InChI=1S/C17H18FN5O4/c18-13-9-5-4-8-12(13)16(24)22-21-15-14(23(25)26)17(20-10-19-15)27-11-6-2-1-3-7-11/h4-5,8-11H,1-3,6-7H2,(H,22,24)(H,19,20,21). The number of amides is 1. The number of anilines is 1. The van der Waals surface area contributed by atoms with Gasteiger partial charge in [-0.15, -0.1) is 0 Å². The van der Waals surface area contributed by atoms with Gasteiger partial charge in [0.1, 0.15) is 18.2 Å². The van der Waals surface area contributed by atoms with Crippen LogP contribution in [0.3, 0.4) is 0 Å². The van der Waals surface area contributed by atoms with Gasteiger partial charge >= 0.3 is 5.69 Å². The first kappa shape index (κ1) is 18.5. The van der Waals surface area contributed by atoms with E-state index >= 15 is 0 Å². The quantitative estimate of drug-likeness (QED) is 0.588. The van der Waals surface area contributed by atoms with E-state index in [-0.39, 0.29) is 23.4 Å². The maximum atomic E-state index is 13.7. The number of hydrazine groups is 1. The molecule has 2 aromatic rings. The van der Waals surface area contributed by atoms with Gasteiger partial charge in [0.05, 0.1) is 10.5 Å². The number of nitrogens with zero attached hydrogens (tertiary/aromatic N) is 3. The van der Waals surface area contributed by atoms with Gasteiger partial charge in [-0.1, -0.05) is 18.6 Å². The summed E-state index contributed by atoms with van der Waals surface area (Å²) in [5.74, 6) is -1.92. The molecule has 142 valence electrons. The summed E-state index contributed by atoms with van der Waals surface area (Å²) in [5, 5.41) is 11.5. The summed E-state index contributed by atoms with van der Waals surface area (Å²) in [7, 11) is 0. The number of nitrogens with one attached hydrogen (secondary N) is 2. The van der Waals surface area contributed by atoms with Crippen molar-refractivity contribution in [1.82, 2.24) is 15.4 Å². The third kappa shape index (κ3) is 4.46. The minimum atomic E-state index is -0.796. The first-order chi connectivity index (χ1) is 13.1. The summed E-state index contributed by atoms with van der Waals surface area (Å²) >= 11 is 0. The Kier molecular flexibility index (Phi) is 5.74.